The predicted octanol–water partition coefficient (Wildman–Crippen LogP) is 0.243. The summed E-state index contributed by atoms with van der Waals surface area (Å²) in [5.41, 5.74) is 0. The molecule has 18 nitrogen and oxygen atoms in total. The van der Waals surface area contributed by atoms with E-state index in [1.54, 1.807) is 21.3 Å². The number of carboxylic acids is 2. The Morgan fingerprint density at radius 2 is 1.06 bits per heavy atom. The van der Waals surface area contributed by atoms with Gasteiger partial charge in [0.1, 0.15) is 0 Å². The van der Waals surface area contributed by atoms with E-state index >= 15 is 0 Å². The summed E-state index contributed by atoms with van der Waals surface area (Å²) in [5, 5.41) is 27.1. The van der Waals surface area contributed by atoms with E-state index in [0.29, 0.717) is 45.3 Å². The van der Waals surface area contributed by atoms with E-state index in [4.69, 9.17) is 33.0 Å². The highest BCUT2D eigenvalue weighted by Gasteiger charge is 2.37. The molecule has 0 aromatic carbocycles. The second-order valence-electron chi connectivity index (χ2n) is 10.6. The molecule has 0 radical (unpaired) electrons. The summed E-state index contributed by atoms with van der Waals surface area (Å²) in [6, 6.07) is -0.785. The summed E-state index contributed by atoms with van der Waals surface area (Å²) >= 11 is 0. The molecule has 19 heteroatoms. The van der Waals surface area contributed by atoms with E-state index in [2.05, 4.69) is 26.2 Å². The third-order valence-corrected chi connectivity index (χ3v) is 9.85. The minimum Gasteiger partial charge on any atom is -0.481 e. The van der Waals surface area contributed by atoms with E-state index in [0.717, 1.165) is 0 Å². The van der Waals surface area contributed by atoms with Crippen LogP contribution in [0.5, 0.6) is 0 Å². The highest BCUT2D eigenvalue weighted by atomic mass is 28.4. The molecule has 2 unspecified atom stereocenters. The maximum Gasteiger partial charge on any atom is 0.500 e. The summed E-state index contributed by atoms with van der Waals surface area (Å²) in [4.78, 5) is 71.1. The highest BCUT2D eigenvalue weighted by molar-refractivity contribution is 6.60. The van der Waals surface area contributed by atoms with Gasteiger partial charge in [-0.3, -0.25) is 34.7 Å². The van der Waals surface area contributed by atoms with Crippen molar-refractivity contribution >= 4 is 44.6 Å². The maximum absolute atomic E-state index is 11.9. The van der Waals surface area contributed by atoms with Crippen molar-refractivity contribution in [2.24, 2.45) is 11.8 Å². The molecule has 6 N–H and O–H groups in total. The number of carbonyl (C=O) groups excluding carboxylic acids is 4. The smallest absolute Gasteiger partial charge is 0.481 e. The van der Waals surface area contributed by atoms with Crippen LogP contribution in [0.25, 0.3) is 0 Å². The van der Waals surface area contributed by atoms with E-state index < -0.39 is 56.5 Å². The molecule has 0 fully saturated rings. The van der Waals surface area contributed by atoms with Gasteiger partial charge in [0, 0.05) is 66.4 Å². The number of nitrogens with zero attached hydrogens (tertiary/aromatic N) is 1. The van der Waals surface area contributed by atoms with E-state index in [1.165, 1.54) is 13.8 Å². The van der Waals surface area contributed by atoms with Crippen molar-refractivity contribution in [1.29, 1.82) is 0 Å². The first-order valence-corrected chi connectivity index (χ1v) is 17.4. The summed E-state index contributed by atoms with van der Waals surface area (Å²) in [6.45, 7) is 6.11. The first kappa shape index (κ1) is 43.8. The molecule has 0 saturated heterocycles. The second kappa shape index (κ2) is 25.8. The summed E-state index contributed by atoms with van der Waals surface area (Å²) in [5.74, 6) is -4.51. The van der Waals surface area contributed by atoms with Gasteiger partial charge in [0.05, 0.1) is 38.3 Å². The number of imide groups is 2. The fourth-order valence-electron chi connectivity index (χ4n) is 3.88. The Labute approximate surface area is 276 Å². The molecule has 0 spiro atoms. The molecular formula is C28H53N5O13Si. The highest BCUT2D eigenvalue weighted by Crippen LogP contribution is 2.15. The molecule has 0 aliphatic rings. The topological polar surface area (TPSA) is 240 Å². The standard InChI is InChI=1S/C28H53N5O13Si/c1-21(25(36)37)7-9-23(34)31-27(40)29-11-16-45-18-14-33(13-6-20-47(42-3,43-4)44-5)15-19-46-17-12-30-28(41)32-24(35)10-8-22(2)26(38)39/h21-22H,6-20H2,1-5H3,(H,36,37)(H,38,39)(H2,29,31,34,40)(H2,30,32,35,41). The fraction of sp³-hybridized carbons (Fsp3) is 0.786. The Kier molecular flexibility index (Phi) is 24.1. The van der Waals surface area contributed by atoms with E-state index in [9.17, 15) is 28.8 Å². The number of aliphatic carboxylic acids is 2. The van der Waals surface area contributed by atoms with E-state index in [-0.39, 0.29) is 52.0 Å². The van der Waals surface area contributed by atoms with Crippen LogP contribution in [0.2, 0.25) is 6.04 Å². The molecule has 0 rings (SSSR count). The van der Waals surface area contributed by atoms with Gasteiger partial charge in [-0.25, -0.2) is 9.59 Å². The maximum atomic E-state index is 11.9. The SMILES string of the molecule is CO[Si](CCCN(CCOCCNC(=O)NC(=O)CCC(C)C(=O)O)CCOCCNC(=O)NC(=O)CCC(C)C(=O)O)(OC)OC. The number of hydrogen-bond acceptors (Lipinski definition) is 12. The number of amides is 6. The molecule has 0 aliphatic heterocycles. The zero-order chi connectivity index (χ0) is 35.7. The number of nitrogens with one attached hydrogen (secondary N) is 4. The van der Waals surface area contributed by atoms with Gasteiger partial charge >= 0.3 is 32.8 Å². The lowest BCUT2D eigenvalue weighted by Crippen LogP contribution is -2.43. The third-order valence-electron chi connectivity index (χ3n) is 7.02. The average Bonchev–Trinajstić information content (AvgIpc) is 3.03. The van der Waals surface area contributed by atoms with Crippen molar-refractivity contribution in [2.45, 2.75) is 52.0 Å². The first-order chi connectivity index (χ1) is 22.3. The van der Waals surface area contributed by atoms with Gasteiger partial charge in [-0.15, -0.1) is 0 Å². The number of hydrogen-bond donors (Lipinski definition) is 6. The molecule has 0 aromatic heterocycles. The van der Waals surface area contributed by atoms with Crippen LogP contribution in [0, 0.1) is 11.8 Å². The van der Waals surface area contributed by atoms with Gasteiger partial charge in [0.15, 0.2) is 0 Å². The molecule has 0 aromatic rings. The van der Waals surface area contributed by atoms with Crippen molar-refractivity contribution < 1.29 is 61.7 Å². The van der Waals surface area contributed by atoms with E-state index in [1.807, 2.05) is 0 Å². The van der Waals surface area contributed by atoms with Gasteiger partial charge in [0.25, 0.3) is 0 Å². The molecule has 6 amide bonds. The summed E-state index contributed by atoms with van der Waals surface area (Å²) < 4.78 is 27.7. The zero-order valence-corrected chi connectivity index (χ0v) is 29.1. The van der Waals surface area contributed by atoms with Crippen LogP contribution in [0.15, 0.2) is 0 Å². The quantitative estimate of drug-likeness (QED) is 0.0499. The Balaban J connectivity index is 4.47. The van der Waals surface area contributed by atoms with Crippen LogP contribution >= 0.6 is 0 Å². The van der Waals surface area contributed by atoms with Gasteiger partial charge in [-0.2, -0.15) is 0 Å². The summed E-state index contributed by atoms with van der Waals surface area (Å²) in [6.07, 6.45) is 0.801. The molecule has 47 heavy (non-hydrogen) atoms. The van der Waals surface area contributed by atoms with Crippen LogP contribution in [-0.4, -0.2) is 140 Å². The monoisotopic (exact) mass is 695 g/mol. The lowest BCUT2D eigenvalue weighted by molar-refractivity contribution is -0.142. The molecule has 0 aliphatic carbocycles. The van der Waals surface area contributed by atoms with Crippen LogP contribution in [0.4, 0.5) is 9.59 Å². The van der Waals surface area contributed by atoms with Gasteiger partial charge in [-0.05, 0) is 25.8 Å². The molecule has 272 valence electrons. The second-order valence-corrected chi connectivity index (χ2v) is 13.7. The minimum atomic E-state index is -2.74. The van der Waals surface area contributed by atoms with Gasteiger partial charge < -0.3 is 43.6 Å². The third kappa shape index (κ3) is 22.1. The van der Waals surface area contributed by atoms with Crippen LogP contribution < -0.4 is 21.3 Å². The zero-order valence-electron chi connectivity index (χ0n) is 28.1. The number of ether oxygens (including phenoxy) is 2. The van der Waals surface area contributed by atoms with Crippen molar-refractivity contribution in [3.8, 4) is 0 Å². The predicted molar refractivity (Wildman–Crippen MR) is 169 cm³/mol. The van der Waals surface area contributed by atoms with Gasteiger partial charge in [0.2, 0.25) is 11.8 Å². The Morgan fingerprint density at radius 3 is 1.43 bits per heavy atom. The lowest BCUT2D eigenvalue weighted by atomic mass is 10.1. The molecule has 0 heterocycles. The molecular weight excluding hydrogens is 642 g/mol. The van der Waals surface area contributed by atoms with Crippen molar-refractivity contribution in [1.82, 2.24) is 26.2 Å². The van der Waals surface area contributed by atoms with Crippen molar-refractivity contribution in [3.63, 3.8) is 0 Å². The Bertz CT molecular complexity index is 901. The number of urea groups is 2. The van der Waals surface area contributed by atoms with Gasteiger partial charge in [-0.1, -0.05) is 13.8 Å². The first-order valence-electron chi connectivity index (χ1n) is 15.4. The average molecular weight is 696 g/mol. The van der Waals surface area contributed by atoms with Crippen LogP contribution in [0.1, 0.15) is 46.0 Å². The molecule has 0 saturated carbocycles. The fourth-order valence-corrected chi connectivity index (χ4v) is 5.59. The number of carbonyl (C=O) groups is 6. The Morgan fingerprint density at radius 1 is 0.660 bits per heavy atom. The van der Waals surface area contributed by atoms with Crippen LogP contribution in [0.3, 0.4) is 0 Å². The minimum absolute atomic E-state index is 0.0798. The van der Waals surface area contributed by atoms with Crippen molar-refractivity contribution in [2.75, 3.05) is 80.5 Å². The van der Waals surface area contributed by atoms with Crippen LogP contribution in [-0.2, 0) is 41.9 Å². The molecule has 0 bridgehead atoms. The lowest BCUT2D eigenvalue weighted by Gasteiger charge is -2.27. The number of rotatable bonds is 27. The Hall–Kier alpha value is -3.20. The normalized spacial score (nSPS) is 12.6. The largest absolute Gasteiger partial charge is 0.500 e. The molecule has 2 atom stereocenters. The van der Waals surface area contributed by atoms with Crippen molar-refractivity contribution in [3.05, 3.63) is 0 Å². The number of carboxylic acid groups (broad SMARTS) is 2. The summed E-state index contributed by atoms with van der Waals surface area (Å²) in [7, 11) is 1.90.